The molecule has 11 nitrogen and oxygen atoms in total. The Labute approximate surface area is 223 Å². The molecule has 13 heteroatoms. The van der Waals surface area contributed by atoms with Crippen molar-refractivity contribution in [2.24, 2.45) is 0 Å². The lowest BCUT2D eigenvalue weighted by atomic mass is 10.2. The number of nitrogens with zero attached hydrogens (tertiary/aromatic N) is 2. The fraction of sp³-hybridized carbons (Fsp3) is 0.200. The first-order chi connectivity index (χ1) is 18.0. The standard InChI is InChI=1S/C25H23ClN4O7S/c1-4-12-36-25(33)16-6-5-7-18(13-16)30-23(31)20(26)21(24(30)32)27-17-8-10-19(11-9-17)38(34,35)29-22-14(2)15(3)28-37-22/h5-11,13,27,29H,4,12H2,1-3H3. The van der Waals surface area contributed by atoms with Gasteiger partial charge in [0.1, 0.15) is 10.7 Å². The zero-order valence-corrected chi connectivity index (χ0v) is 22.1. The highest BCUT2D eigenvalue weighted by Crippen LogP contribution is 2.31. The van der Waals surface area contributed by atoms with Crippen LogP contribution >= 0.6 is 11.6 Å². The number of nitrogens with one attached hydrogen (secondary N) is 2. The lowest BCUT2D eigenvalue weighted by Crippen LogP contribution is -2.32. The van der Waals surface area contributed by atoms with Gasteiger partial charge in [0.2, 0.25) is 5.88 Å². The molecule has 198 valence electrons. The average Bonchev–Trinajstić information content (AvgIpc) is 3.32. The maximum atomic E-state index is 13.1. The van der Waals surface area contributed by atoms with Crippen molar-refractivity contribution < 1.29 is 32.1 Å². The summed E-state index contributed by atoms with van der Waals surface area (Å²) in [7, 11) is -3.98. The second kappa shape index (κ2) is 10.7. The number of sulfonamides is 1. The Hall–Kier alpha value is -4.16. The SMILES string of the molecule is CCCOC(=O)c1cccc(N2C(=O)C(Cl)=C(Nc3ccc(S(=O)(=O)Nc4onc(C)c4C)cc3)C2=O)c1. The summed E-state index contributed by atoms with van der Waals surface area (Å²) in [6, 6.07) is 11.3. The Kier molecular flexibility index (Phi) is 7.56. The zero-order chi connectivity index (χ0) is 27.6. The molecule has 0 fully saturated rings. The van der Waals surface area contributed by atoms with Crippen LogP contribution in [0.25, 0.3) is 0 Å². The molecule has 1 aromatic heterocycles. The van der Waals surface area contributed by atoms with Crippen molar-refractivity contribution in [2.45, 2.75) is 32.1 Å². The van der Waals surface area contributed by atoms with Crippen molar-refractivity contribution in [1.82, 2.24) is 5.16 Å². The van der Waals surface area contributed by atoms with Gasteiger partial charge in [-0.25, -0.2) is 22.8 Å². The number of imide groups is 1. The number of aromatic nitrogens is 1. The third-order valence-electron chi connectivity index (χ3n) is 5.62. The van der Waals surface area contributed by atoms with Gasteiger partial charge in [0.05, 0.1) is 28.4 Å². The van der Waals surface area contributed by atoms with Gasteiger partial charge in [-0.15, -0.1) is 0 Å². The van der Waals surface area contributed by atoms with E-state index in [1.807, 2.05) is 6.92 Å². The maximum Gasteiger partial charge on any atom is 0.338 e. The molecule has 3 aromatic rings. The third-order valence-corrected chi connectivity index (χ3v) is 7.32. The van der Waals surface area contributed by atoms with E-state index in [0.717, 1.165) is 4.90 Å². The van der Waals surface area contributed by atoms with Crippen molar-refractivity contribution in [1.29, 1.82) is 0 Å². The quantitative estimate of drug-likeness (QED) is 0.292. The summed E-state index contributed by atoms with van der Waals surface area (Å²) in [5.74, 6) is -2.09. The monoisotopic (exact) mass is 558 g/mol. The third kappa shape index (κ3) is 5.27. The number of benzene rings is 2. The normalized spacial score (nSPS) is 13.7. The van der Waals surface area contributed by atoms with E-state index in [-0.39, 0.29) is 39.4 Å². The van der Waals surface area contributed by atoms with E-state index in [4.69, 9.17) is 20.9 Å². The molecular formula is C25H23ClN4O7S. The van der Waals surface area contributed by atoms with Crippen LogP contribution in [0.5, 0.6) is 0 Å². The lowest BCUT2D eigenvalue weighted by molar-refractivity contribution is -0.120. The number of rotatable bonds is 9. The minimum atomic E-state index is -3.98. The van der Waals surface area contributed by atoms with E-state index in [1.54, 1.807) is 13.8 Å². The molecule has 4 rings (SSSR count). The second-order valence-corrected chi connectivity index (χ2v) is 10.4. The molecule has 0 spiro atoms. The van der Waals surface area contributed by atoms with Crippen LogP contribution in [0.2, 0.25) is 0 Å². The van der Waals surface area contributed by atoms with Gasteiger partial charge in [-0.3, -0.25) is 9.59 Å². The predicted molar refractivity (Wildman–Crippen MR) is 139 cm³/mol. The first-order valence-electron chi connectivity index (χ1n) is 11.4. The number of esters is 1. The van der Waals surface area contributed by atoms with Gasteiger partial charge in [0.25, 0.3) is 21.8 Å². The molecule has 0 radical (unpaired) electrons. The maximum absolute atomic E-state index is 13.1. The first-order valence-corrected chi connectivity index (χ1v) is 13.3. The highest BCUT2D eigenvalue weighted by atomic mass is 35.5. The van der Waals surface area contributed by atoms with Crippen LogP contribution in [-0.2, 0) is 24.3 Å². The number of aryl methyl sites for hydroxylation is 1. The predicted octanol–water partition coefficient (Wildman–Crippen LogP) is 4.09. The molecule has 2 aromatic carbocycles. The van der Waals surface area contributed by atoms with Crippen LogP contribution in [0.1, 0.15) is 35.0 Å². The minimum absolute atomic E-state index is 0.0134. The lowest BCUT2D eigenvalue weighted by Gasteiger charge is -2.16. The number of anilines is 3. The Bertz CT molecular complexity index is 1560. The molecule has 1 aliphatic heterocycles. The number of carbonyl (C=O) groups is 3. The van der Waals surface area contributed by atoms with Crippen LogP contribution in [0.3, 0.4) is 0 Å². The smallest absolute Gasteiger partial charge is 0.338 e. The van der Waals surface area contributed by atoms with E-state index < -0.39 is 27.8 Å². The molecule has 38 heavy (non-hydrogen) atoms. The van der Waals surface area contributed by atoms with Crippen LogP contribution in [-0.4, -0.2) is 38.0 Å². The fourth-order valence-corrected chi connectivity index (χ4v) is 4.71. The Morgan fingerprint density at radius 2 is 1.82 bits per heavy atom. The van der Waals surface area contributed by atoms with Crippen molar-refractivity contribution in [3.05, 3.63) is 76.1 Å². The molecule has 1 aliphatic rings. The van der Waals surface area contributed by atoms with E-state index in [9.17, 15) is 22.8 Å². The highest BCUT2D eigenvalue weighted by Gasteiger charge is 2.39. The number of halogens is 1. The van der Waals surface area contributed by atoms with E-state index >= 15 is 0 Å². The summed E-state index contributed by atoms with van der Waals surface area (Å²) in [5.41, 5.74) is 1.55. The van der Waals surface area contributed by atoms with Gasteiger partial charge < -0.3 is 14.6 Å². The molecular weight excluding hydrogens is 536 g/mol. The molecule has 2 amide bonds. The topological polar surface area (TPSA) is 148 Å². The van der Waals surface area contributed by atoms with Crippen LogP contribution in [0, 0.1) is 13.8 Å². The molecule has 0 unspecified atom stereocenters. The largest absolute Gasteiger partial charge is 0.462 e. The van der Waals surface area contributed by atoms with Crippen LogP contribution < -0.4 is 14.9 Å². The second-order valence-electron chi connectivity index (χ2n) is 8.30. The molecule has 0 bridgehead atoms. The van der Waals surface area contributed by atoms with Crippen molar-refractivity contribution in [3.8, 4) is 0 Å². The van der Waals surface area contributed by atoms with E-state index in [1.165, 1.54) is 48.5 Å². The number of ether oxygens (including phenoxy) is 1. The Morgan fingerprint density at radius 3 is 2.45 bits per heavy atom. The van der Waals surface area contributed by atoms with Gasteiger partial charge in [-0.1, -0.05) is 29.7 Å². The minimum Gasteiger partial charge on any atom is -0.462 e. The average molecular weight is 559 g/mol. The summed E-state index contributed by atoms with van der Waals surface area (Å²) in [6.45, 7) is 5.45. The van der Waals surface area contributed by atoms with E-state index in [0.29, 0.717) is 23.4 Å². The fourth-order valence-electron chi connectivity index (χ4n) is 3.45. The van der Waals surface area contributed by atoms with Crippen LogP contribution in [0.15, 0.2) is 68.7 Å². The van der Waals surface area contributed by atoms with Crippen molar-refractivity contribution in [2.75, 3.05) is 21.5 Å². The molecule has 0 atom stereocenters. The number of hydrogen-bond acceptors (Lipinski definition) is 9. The van der Waals surface area contributed by atoms with Crippen molar-refractivity contribution >= 4 is 56.7 Å². The number of carbonyl (C=O) groups excluding carboxylic acids is 3. The van der Waals surface area contributed by atoms with Gasteiger partial charge in [0, 0.05) is 11.3 Å². The zero-order valence-electron chi connectivity index (χ0n) is 20.6. The van der Waals surface area contributed by atoms with Crippen LogP contribution in [0.4, 0.5) is 17.3 Å². The molecule has 2 N–H and O–H groups in total. The summed E-state index contributed by atoms with van der Waals surface area (Å²) in [6.07, 6.45) is 0.646. The molecule has 0 saturated heterocycles. The summed E-state index contributed by atoms with van der Waals surface area (Å²) < 4.78 is 37.9. The van der Waals surface area contributed by atoms with Crippen molar-refractivity contribution in [3.63, 3.8) is 0 Å². The molecule has 0 saturated carbocycles. The van der Waals surface area contributed by atoms with Gasteiger partial charge in [0.15, 0.2) is 0 Å². The number of amides is 2. The Morgan fingerprint density at radius 1 is 1.11 bits per heavy atom. The van der Waals surface area contributed by atoms with E-state index in [2.05, 4.69) is 15.2 Å². The summed E-state index contributed by atoms with van der Waals surface area (Å²) >= 11 is 6.19. The highest BCUT2D eigenvalue weighted by molar-refractivity contribution is 7.92. The molecule has 2 heterocycles. The number of hydrogen-bond donors (Lipinski definition) is 2. The first kappa shape index (κ1) is 26.9. The van der Waals surface area contributed by atoms with Gasteiger partial charge in [-0.05, 0) is 62.7 Å². The summed E-state index contributed by atoms with van der Waals surface area (Å²) in [5, 5.41) is 6.14. The summed E-state index contributed by atoms with van der Waals surface area (Å²) in [4.78, 5) is 38.9. The van der Waals surface area contributed by atoms with Gasteiger partial charge >= 0.3 is 5.97 Å². The Balaban J connectivity index is 1.51. The molecule has 0 aliphatic carbocycles. The van der Waals surface area contributed by atoms with Gasteiger partial charge in [-0.2, -0.15) is 0 Å².